The first kappa shape index (κ1) is 17.9. The van der Waals surface area contributed by atoms with Gasteiger partial charge in [0, 0.05) is 31.4 Å². The molecule has 2 aromatic heterocycles. The average Bonchev–Trinajstić information content (AvgIpc) is 3.27. The minimum absolute atomic E-state index is 0.0921. The molecule has 8 nitrogen and oxygen atoms in total. The molecule has 150 valence electrons. The van der Waals surface area contributed by atoms with Gasteiger partial charge in [0.15, 0.2) is 0 Å². The van der Waals surface area contributed by atoms with Gasteiger partial charge in [-0.1, -0.05) is 0 Å². The van der Waals surface area contributed by atoms with Crippen molar-refractivity contribution in [3.8, 4) is 11.4 Å². The molecule has 8 heteroatoms. The third-order valence-electron chi connectivity index (χ3n) is 6.13. The Bertz CT molecular complexity index is 1160. The van der Waals surface area contributed by atoms with Gasteiger partial charge in [0.2, 0.25) is 0 Å². The number of carbonyl (C=O) groups excluding carboxylic acids is 1. The smallest absolute Gasteiger partial charge is 0.261 e. The summed E-state index contributed by atoms with van der Waals surface area (Å²) in [6.07, 6.45) is 3.63. The molecule has 1 fully saturated rings. The quantitative estimate of drug-likeness (QED) is 0.634. The van der Waals surface area contributed by atoms with E-state index in [4.69, 9.17) is 0 Å². The highest BCUT2D eigenvalue weighted by Gasteiger charge is 2.34. The molecule has 0 atom stereocenters. The molecular weight excluding hydrogens is 368 g/mol. The Labute approximate surface area is 167 Å². The van der Waals surface area contributed by atoms with Crippen LogP contribution < -0.4 is 10.9 Å². The minimum Gasteiger partial charge on any atom is -0.387 e. The molecule has 2 aliphatic heterocycles. The largest absolute Gasteiger partial charge is 0.387 e. The summed E-state index contributed by atoms with van der Waals surface area (Å²) in [6.45, 7) is 2.69. The van der Waals surface area contributed by atoms with Gasteiger partial charge in [-0.15, -0.1) is 0 Å². The van der Waals surface area contributed by atoms with Crippen LogP contribution >= 0.6 is 0 Å². The number of aromatic nitrogens is 3. The van der Waals surface area contributed by atoms with Crippen LogP contribution in [0.25, 0.3) is 22.4 Å². The maximum Gasteiger partial charge on any atom is 0.261 e. The summed E-state index contributed by atoms with van der Waals surface area (Å²) in [4.78, 5) is 40.3. The van der Waals surface area contributed by atoms with Crippen LogP contribution in [0, 0.1) is 0 Å². The minimum atomic E-state index is -0.215. The van der Waals surface area contributed by atoms with Crippen LogP contribution in [0.5, 0.6) is 0 Å². The van der Waals surface area contributed by atoms with Crippen molar-refractivity contribution in [3.05, 3.63) is 45.9 Å². The highest BCUT2D eigenvalue weighted by molar-refractivity contribution is 6.02. The van der Waals surface area contributed by atoms with Crippen LogP contribution in [0.15, 0.2) is 29.2 Å². The van der Waals surface area contributed by atoms with E-state index in [1.54, 1.807) is 19.3 Å². The van der Waals surface area contributed by atoms with Crippen molar-refractivity contribution in [1.82, 2.24) is 24.8 Å². The molecule has 1 aromatic carbocycles. The molecule has 2 aliphatic rings. The van der Waals surface area contributed by atoms with Crippen LogP contribution in [0.2, 0.25) is 0 Å². The number of nitrogens with one attached hydrogen (secondary N) is 3. The van der Waals surface area contributed by atoms with Gasteiger partial charge in [-0.3, -0.25) is 9.59 Å². The molecule has 0 saturated carbocycles. The third kappa shape index (κ3) is 2.91. The number of benzene rings is 1. The lowest BCUT2D eigenvalue weighted by Gasteiger charge is -2.34. The molecule has 0 unspecified atom stereocenters. The maximum absolute atomic E-state index is 13.1. The van der Waals surface area contributed by atoms with Gasteiger partial charge in [0.1, 0.15) is 11.4 Å². The van der Waals surface area contributed by atoms with E-state index in [2.05, 4.69) is 32.2 Å². The highest BCUT2D eigenvalue weighted by Crippen LogP contribution is 2.32. The van der Waals surface area contributed by atoms with Gasteiger partial charge in [-0.25, -0.2) is 4.98 Å². The molecule has 0 spiro atoms. The summed E-state index contributed by atoms with van der Waals surface area (Å²) in [5.74, 6) is 0.587. The summed E-state index contributed by atoms with van der Waals surface area (Å²) in [5.41, 5.74) is 4.23. The molecule has 0 aliphatic carbocycles. The topological polar surface area (TPSA) is 97.1 Å². The standard InChI is InChI=1S/C21H24N6O2/c1-22-15-3-6-23-20(28)18(15)19-24-16-9-12-11-27(13-4-7-26(2)8-5-13)21(29)14(12)10-17(16)25-19/h3,6,9-10,13H,4-5,7-8,11H2,1-2H3,(H,24,25)(H2,22,23,28). The number of H-pyrrole nitrogens is 2. The molecule has 4 heterocycles. The van der Waals surface area contributed by atoms with E-state index in [1.165, 1.54) is 0 Å². The predicted octanol–water partition coefficient (Wildman–Crippen LogP) is 2.01. The maximum atomic E-state index is 13.1. The van der Waals surface area contributed by atoms with Crippen LogP contribution in [0.3, 0.4) is 0 Å². The van der Waals surface area contributed by atoms with Crippen LogP contribution in [0.4, 0.5) is 5.69 Å². The third-order valence-corrected chi connectivity index (χ3v) is 6.13. The van der Waals surface area contributed by atoms with E-state index in [-0.39, 0.29) is 11.5 Å². The number of fused-ring (bicyclic) bond motifs is 2. The summed E-state index contributed by atoms with van der Waals surface area (Å²) >= 11 is 0. The number of nitrogens with zero attached hydrogens (tertiary/aromatic N) is 3. The lowest BCUT2D eigenvalue weighted by atomic mass is 10.0. The number of rotatable bonds is 3. The van der Waals surface area contributed by atoms with Crippen molar-refractivity contribution in [2.75, 3.05) is 32.5 Å². The molecule has 29 heavy (non-hydrogen) atoms. The zero-order valence-corrected chi connectivity index (χ0v) is 16.6. The van der Waals surface area contributed by atoms with Crippen LogP contribution in [-0.4, -0.2) is 63.9 Å². The number of carbonyl (C=O) groups is 1. The fraction of sp³-hybridized carbons (Fsp3) is 0.381. The van der Waals surface area contributed by atoms with Gasteiger partial charge in [0.05, 0.1) is 16.7 Å². The number of hydrogen-bond acceptors (Lipinski definition) is 5. The van der Waals surface area contributed by atoms with Crippen molar-refractivity contribution >= 4 is 22.6 Å². The van der Waals surface area contributed by atoms with Crippen LogP contribution in [-0.2, 0) is 6.54 Å². The van der Waals surface area contributed by atoms with Gasteiger partial charge in [-0.2, -0.15) is 0 Å². The lowest BCUT2D eigenvalue weighted by molar-refractivity contribution is 0.0617. The van der Waals surface area contributed by atoms with Gasteiger partial charge >= 0.3 is 0 Å². The number of hydrogen-bond donors (Lipinski definition) is 3. The number of aromatic amines is 2. The first-order chi connectivity index (χ1) is 14.0. The Morgan fingerprint density at radius 1 is 1.21 bits per heavy atom. The average molecular weight is 392 g/mol. The molecule has 0 radical (unpaired) electrons. The van der Waals surface area contributed by atoms with E-state index < -0.39 is 0 Å². The van der Waals surface area contributed by atoms with Crippen molar-refractivity contribution in [3.63, 3.8) is 0 Å². The second-order valence-corrected chi connectivity index (χ2v) is 7.92. The Morgan fingerprint density at radius 2 is 2.00 bits per heavy atom. The number of pyridine rings is 1. The van der Waals surface area contributed by atoms with E-state index >= 15 is 0 Å². The summed E-state index contributed by atoms with van der Waals surface area (Å²) in [6, 6.07) is 5.96. The second kappa shape index (κ2) is 6.73. The first-order valence-corrected chi connectivity index (χ1v) is 9.97. The summed E-state index contributed by atoms with van der Waals surface area (Å²) < 4.78 is 0. The van der Waals surface area contributed by atoms with E-state index in [9.17, 15) is 9.59 Å². The SMILES string of the molecule is CNc1cc[nH]c(=O)c1-c1nc2cc3c(cc2[nH]1)CN(C1CCN(C)CC1)C3=O. The molecule has 1 amide bonds. The Balaban J connectivity index is 1.50. The zero-order valence-electron chi connectivity index (χ0n) is 16.6. The highest BCUT2D eigenvalue weighted by atomic mass is 16.2. The Morgan fingerprint density at radius 3 is 2.76 bits per heavy atom. The van der Waals surface area contributed by atoms with Gasteiger partial charge < -0.3 is 25.1 Å². The number of amides is 1. The molecule has 3 aromatic rings. The lowest BCUT2D eigenvalue weighted by Crippen LogP contribution is -2.43. The second-order valence-electron chi connectivity index (χ2n) is 7.92. The fourth-order valence-corrected chi connectivity index (χ4v) is 4.48. The number of imidazole rings is 1. The molecule has 3 N–H and O–H groups in total. The number of anilines is 1. The van der Waals surface area contributed by atoms with Crippen molar-refractivity contribution in [2.45, 2.75) is 25.4 Å². The van der Waals surface area contributed by atoms with Crippen molar-refractivity contribution < 1.29 is 4.79 Å². The summed E-state index contributed by atoms with van der Waals surface area (Å²) in [5, 5.41) is 3.03. The van der Waals surface area contributed by atoms with E-state index in [0.717, 1.165) is 42.6 Å². The van der Waals surface area contributed by atoms with E-state index in [0.29, 0.717) is 35.2 Å². The number of piperidine rings is 1. The molecule has 1 saturated heterocycles. The van der Waals surface area contributed by atoms with Gasteiger partial charge in [-0.05, 0) is 56.7 Å². The zero-order chi connectivity index (χ0) is 20.1. The molecule has 0 bridgehead atoms. The van der Waals surface area contributed by atoms with Crippen molar-refractivity contribution in [1.29, 1.82) is 0 Å². The number of likely N-dealkylation sites (tertiary alicyclic amines) is 1. The first-order valence-electron chi connectivity index (χ1n) is 9.97. The normalized spacial score (nSPS) is 17.9. The van der Waals surface area contributed by atoms with E-state index in [1.807, 2.05) is 17.0 Å². The summed E-state index contributed by atoms with van der Waals surface area (Å²) in [7, 11) is 3.89. The Hall–Kier alpha value is -3.13. The van der Waals surface area contributed by atoms with Crippen molar-refractivity contribution in [2.24, 2.45) is 0 Å². The van der Waals surface area contributed by atoms with Gasteiger partial charge in [0.25, 0.3) is 11.5 Å². The molecular formula is C21H24N6O2. The van der Waals surface area contributed by atoms with Crippen LogP contribution in [0.1, 0.15) is 28.8 Å². The fourth-order valence-electron chi connectivity index (χ4n) is 4.48. The predicted molar refractivity (Wildman–Crippen MR) is 112 cm³/mol. The Kier molecular flexibility index (Phi) is 4.16. The molecule has 5 rings (SSSR count). The monoisotopic (exact) mass is 392 g/mol.